The molecule has 0 saturated carbocycles. The molecule has 0 spiro atoms. The molecule has 0 heterocycles. The van der Waals surface area contributed by atoms with E-state index in [2.05, 4.69) is 6.92 Å². The second-order valence-electron chi connectivity index (χ2n) is 4.29. The van der Waals surface area contributed by atoms with E-state index in [0.717, 1.165) is 6.42 Å². The number of carbonyl (C=O) groups excluding carboxylic acids is 1. The minimum atomic E-state index is -0.291. The zero-order chi connectivity index (χ0) is 11.0. The Hall–Kier alpha value is -0.370. The molecule has 0 rings (SSSR count). The van der Waals surface area contributed by atoms with Gasteiger partial charge in [-0.05, 0) is 13.3 Å². The summed E-state index contributed by atoms with van der Waals surface area (Å²) < 4.78 is 0. The monoisotopic (exact) mass is 199 g/mol. The maximum Gasteiger partial charge on any atom is 0.152 e. The van der Waals surface area contributed by atoms with Crippen LogP contribution in [-0.2, 0) is 4.79 Å². The molecule has 0 bridgehead atoms. The average Bonchev–Trinajstić information content (AvgIpc) is 2.16. The van der Waals surface area contributed by atoms with Crippen molar-refractivity contribution in [1.82, 2.24) is 0 Å². The lowest BCUT2D eigenvalue weighted by Gasteiger charge is -2.12. The molecule has 2 atom stereocenters. The van der Waals surface area contributed by atoms with Crippen LogP contribution >= 0.6 is 0 Å². The van der Waals surface area contributed by atoms with E-state index in [0.29, 0.717) is 0 Å². The van der Waals surface area contributed by atoms with Gasteiger partial charge in [-0.15, -0.1) is 0 Å². The van der Waals surface area contributed by atoms with E-state index >= 15 is 0 Å². The number of carbonyl (C=O) groups is 1. The van der Waals surface area contributed by atoms with Gasteiger partial charge < -0.3 is 5.73 Å². The van der Waals surface area contributed by atoms with Gasteiger partial charge in [0, 0.05) is 5.92 Å². The number of ketones is 1. The predicted octanol–water partition coefficient (Wildman–Crippen LogP) is 2.90. The normalized spacial score (nSPS) is 15.1. The van der Waals surface area contributed by atoms with E-state index in [1.54, 1.807) is 6.92 Å². The highest BCUT2D eigenvalue weighted by molar-refractivity contribution is 5.85. The first-order valence-electron chi connectivity index (χ1n) is 5.88. The predicted molar refractivity (Wildman–Crippen MR) is 61.2 cm³/mol. The fourth-order valence-corrected chi connectivity index (χ4v) is 1.65. The summed E-state index contributed by atoms with van der Waals surface area (Å²) in [5, 5.41) is 0. The Kier molecular flexibility index (Phi) is 7.77. The first-order chi connectivity index (χ1) is 6.59. The summed E-state index contributed by atoms with van der Waals surface area (Å²) in [5.41, 5.74) is 5.54. The Labute approximate surface area is 88.3 Å². The Morgan fingerprint density at radius 1 is 1.14 bits per heavy atom. The van der Waals surface area contributed by atoms with Crippen molar-refractivity contribution in [2.75, 3.05) is 0 Å². The zero-order valence-corrected chi connectivity index (χ0v) is 9.88. The second kappa shape index (κ2) is 7.98. The molecule has 0 aromatic heterocycles. The van der Waals surface area contributed by atoms with Gasteiger partial charge in [0.15, 0.2) is 5.78 Å². The van der Waals surface area contributed by atoms with E-state index < -0.39 is 0 Å². The zero-order valence-electron chi connectivity index (χ0n) is 9.88. The SMILES string of the molecule is CCCCCCCC(C)C(=O)C(C)N. The number of rotatable bonds is 8. The van der Waals surface area contributed by atoms with Crippen LogP contribution in [0.3, 0.4) is 0 Å². The van der Waals surface area contributed by atoms with Crippen LogP contribution in [0.1, 0.15) is 59.3 Å². The summed E-state index contributed by atoms with van der Waals surface area (Å²) in [6.45, 7) is 5.98. The maximum absolute atomic E-state index is 11.4. The molecule has 0 radical (unpaired) electrons. The Morgan fingerprint density at radius 3 is 2.21 bits per heavy atom. The van der Waals surface area contributed by atoms with Crippen molar-refractivity contribution in [3.8, 4) is 0 Å². The molecule has 0 aliphatic carbocycles. The molecular formula is C12H25NO. The third-order valence-corrected chi connectivity index (χ3v) is 2.68. The van der Waals surface area contributed by atoms with Gasteiger partial charge >= 0.3 is 0 Å². The van der Waals surface area contributed by atoms with Crippen LogP contribution in [0.25, 0.3) is 0 Å². The number of Topliss-reactive ketones (excluding diaryl/α,β-unsaturated/α-hetero) is 1. The lowest BCUT2D eigenvalue weighted by Crippen LogP contribution is -2.31. The van der Waals surface area contributed by atoms with Gasteiger partial charge in [-0.3, -0.25) is 4.79 Å². The van der Waals surface area contributed by atoms with Gasteiger partial charge in [0.1, 0.15) is 0 Å². The van der Waals surface area contributed by atoms with E-state index in [-0.39, 0.29) is 17.7 Å². The molecule has 0 saturated heterocycles. The molecule has 2 unspecified atom stereocenters. The quantitative estimate of drug-likeness (QED) is 0.611. The highest BCUT2D eigenvalue weighted by Gasteiger charge is 2.15. The lowest BCUT2D eigenvalue weighted by atomic mass is 9.95. The third kappa shape index (κ3) is 6.14. The lowest BCUT2D eigenvalue weighted by molar-refractivity contribution is -0.123. The fourth-order valence-electron chi connectivity index (χ4n) is 1.65. The van der Waals surface area contributed by atoms with Crippen LogP contribution < -0.4 is 5.73 Å². The number of hydrogen-bond acceptors (Lipinski definition) is 2. The average molecular weight is 199 g/mol. The molecule has 84 valence electrons. The van der Waals surface area contributed by atoms with Gasteiger partial charge in [-0.1, -0.05) is 46.0 Å². The largest absolute Gasteiger partial charge is 0.322 e. The van der Waals surface area contributed by atoms with E-state index in [1.165, 1.54) is 32.1 Å². The van der Waals surface area contributed by atoms with Crippen LogP contribution in [-0.4, -0.2) is 11.8 Å². The first-order valence-corrected chi connectivity index (χ1v) is 5.88. The van der Waals surface area contributed by atoms with Crippen LogP contribution in [0.5, 0.6) is 0 Å². The molecule has 0 aliphatic rings. The van der Waals surface area contributed by atoms with Crippen molar-refractivity contribution < 1.29 is 4.79 Å². The molecule has 2 N–H and O–H groups in total. The fraction of sp³-hybridized carbons (Fsp3) is 0.917. The van der Waals surface area contributed by atoms with Crippen molar-refractivity contribution in [2.45, 2.75) is 65.3 Å². The summed E-state index contributed by atoms with van der Waals surface area (Å²) >= 11 is 0. The van der Waals surface area contributed by atoms with Gasteiger partial charge in [-0.25, -0.2) is 0 Å². The molecule has 0 aromatic rings. The van der Waals surface area contributed by atoms with E-state index in [4.69, 9.17) is 5.73 Å². The minimum Gasteiger partial charge on any atom is -0.322 e. The number of unbranched alkanes of at least 4 members (excludes halogenated alkanes) is 4. The maximum atomic E-state index is 11.4. The third-order valence-electron chi connectivity index (χ3n) is 2.68. The Morgan fingerprint density at radius 2 is 1.71 bits per heavy atom. The van der Waals surface area contributed by atoms with Gasteiger partial charge in [0.25, 0.3) is 0 Å². The standard InChI is InChI=1S/C12H25NO/c1-4-5-6-7-8-9-10(2)12(14)11(3)13/h10-11H,4-9,13H2,1-3H3. The molecule has 2 nitrogen and oxygen atoms in total. The highest BCUT2D eigenvalue weighted by Crippen LogP contribution is 2.12. The summed E-state index contributed by atoms with van der Waals surface area (Å²) in [6, 6.07) is -0.291. The highest BCUT2D eigenvalue weighted by atomic mass is 16.1. The van der Waals surface area contributed by atoms with E-state index in [9.17, 15) is 4.79 Å². The van der Waals surface area contributed by atoms with Crippen molar-refractivity contribution >= 4 is 5.78 Å². The van der Waals surface area contributed by atoms with Gasteiger partial charge in [0.05, 0.1) is 6.04 Å². The minimum absolute atomic E-state index is 0.150. The second-order valence-corrected chi connectivity index (χ2v) is 4.29. The van der Waals surface area contributed by atoms with Crippen LogP contribution in [0.4, 0.5) is 0 Å². The number of hydrogen-bond donors (Lipinski definition) is 1. The first kappa shape index (κ1) is 13.6. The van der Waals surface area contributed by atoms with Crippen molar-refractivity contribution in [2.24, 2.45) is 11.7 Å². The molecule has 2 heteroatoms. The summed E-state index contributed by atoms with van der Waals surface area (Å²) in [6.07, 6.45) is 7.31. The molecule has 0 amide bonds. The molecule has 0 aromatic carbocycles. The van der Waals surface area contributed by atoms with Crippen LogP contribution in [0.2, 0.25) is 0 Å². The van der Waals surface area contributed by atoms with Crippen molar-refractivity contribution in [3.05, 3.63) is 0 Å². The van der Waals surface area contributed by atoms with Crippen LogP contribution in [0, 0.1) is 5.92 Å². The van der Waals surface area contributed by atoms with Gasteiger partial charge in [-0.2, -0.15) is 0 Å². The van der Waals surface area contributed by atoms with E-state index in [1.807, 2.05) is 6.92 Å². The van der Waals surface area contributed by atoms with Crippen molar-refractivity contribution in [3.63, 3.8) is 0 Å². The summed E-state index contributed by atoms with van der Waals surface area (Å²) in [4.78, 5) is 11.4. The summed E-state index contributed by atoms with van der Waals surface area (Å²) in [5.74, 6) is 0.358. The Bertz CT molecular complexity index is 154. The number of nitrogens with two attached hydrogens (primary N) is 1. The molecule has 0 aliphatic heterocycles. The summed E-state index contributed by atoms with van der Waals surface area (Å²) in [7, 11) is 0. The molecule has 14 heavy (non-hydrogen) atoms. The molecule has 0 fully saturated rings. The smallest absolute Gasteiger partial charge is 0.152 e. The van der Waals surface area contributed by atoms with Gasteiger partial charge in [0.2, 0.25) is 0 Å². The molecular weight excluding hydrogens is 174 g/mol. The topological polar surface area (TPSA) is 43.1 Å². The Balaban J connectivity index is 3.44. The van der Waals surface area contributed by atoms with Crippen molar-refractivity contribution in [1.29, 1.82) is 0 Å². The van der Waals surface area contributed by atoms with Crippen LogP contribution in [0.15, 0.2) is 0 Å².